The van der Waals surface area contributed by atoms with Crippen molar-refractivity contribution in [3.8, 4) is 5.75 Å². The number of carbonyl (C=O) groups excluding carboxylic acids is 1. The molecule has 1 aliphatic carbocycles. The SMILES string of the molecule is Cc1csc(N(C(=O)CCc2cccc(OC3CCCC3)c2)c2ccccc2)n1. The first-order chi connectivity index (χ1) is 14.2. The standard InChI is InChI=1S/C24H26N2O2S/c1-18-17-29-24(25-18)26(20-9-3-2-4-10-20)23(27)15-14-19-8-7-13-22(16-19)28-21-11-5-6-12-21/h2-4,7-10,13,16-17,21H,5-6,11-12,14-15H2,1H3. The second kappa shape index (κ2) is 9.23. The molecule has 29 heavy (non-hydrogen) atoms. The van der Waals surface area contributed by atoms with E-state index in [-0.39, 0.29) is 5.91 Å². The van der Waals surface area contributed by atoms with E-state index in [1.807, 2.05) is 54.8 Å². The molecule has 1 heterocycles. The van der Waals surface area contributed by atoms with Crippen LogP contribution in [-0.2, 0) is 11.2 Å². The smallest absolute Gasteiger partial charge is 0.233 e. The van der Waals surface area contributed by atoms with Crippen LogP contribution in [0.15, 0.2) is 60.0 Å². The van der Waals surface area contributed by atoms with Gasteiger partial charge in [-0.15, -0.1) is 11.3 Å². The Balaban J connectivity index is 1.45. The van der Waals surface area contributed by atoms with E-state index in [0.717, 1.165) is 40.7 Å². The third-order valence-electron chi connectivity index (χ3n) is 5.19. The summed E-state index contributed by atoms with van der Waals surface area (Å²) in [5, 5.41) is 2.69. The molecule has 1 fully saturated rings. The third kappa shape index (κ3) is 5.04. The van der Waals surface area contributed by atoms with Crippen LogP contribution in [0.5, 0.6) is 5.75 Å². The number of rotatable bonds is 7. The number of hydrogen-bond acceptors (Lipinski definition) is 4. The lowest BCUT2D eigenvalue weighted by Gasteiger charge is -2.20. The van der Waals surface area contributed by atoms with E-state index in [1.165, 1.54) is 24.2 Å². The first-order valence-corrected chi connectivity index (χ1v) is 11.1. The number of aryl methyl sites for hydroxylation is 2. The van der Waals surface area contributed by atoms with Crippen LogP contribution in [0.2, 0.25) is 0 Å². The normalized spacial score (nSPS) is 14.1. The molecule has 2 aromatic carbocycles. The zero-order chi connectivity index (χ0) is 20.1. The summed E-state index contributed by atoms with van der Waals surface area (Å²) in [5.74, 6) is 0.963. The predicted molar refractivity (Wildman–Crippen MR) is 118 cm³/mol. The van der Waals surface area contributed by atoms with Crippen molar-refractivity contribution in [2.45, 2.75) is 51.6 Å². The second-order valence-electron chi connectivity index (χ2n) is 7.51. The molecular weight excluding hydrogens is 380 g/mol. The van der Waals surface area contributed by atoms with Crippen LogP contribution in [0.1, 0.15) is 43.4 Å². The molecule has 1 amide bonds. The molecule has 0 atom stereocenters. The van der Waals surface area contributed by atoms with Gasteiger partial charge in [0.1, 0.15) is 5.75 Å². The van der Waals surface area contributed by atoms with Gasteiger partial charge < -0.3 is 4.74 Å². The Morgan fingerprint density at radius 2 is 1.93 bits per heavy atom. The molecule has 3 aromatic rings. The van der Waals surface area contributed by atoms with E-state index in [0.29, 0.717) is 18.9 Å². The Hall–Kier alpha value is -2.66. The number of para-hydroxylation sites is 1. The maximum Gasteiger partial charge on any atom is 0.233 e. The van der Waals surface area contributed by atoms with Gasteiger partial charge >= 0.3 is 0 Å². The van der Waals surface area contributed by atoms with Crippen molar-refractivity contribution in [3.05, 3.63) is 71.2 Å². The molecule has 4 nitrogen and oxygen atoms in total. The van der Waals surface area contributed by atoms with Gasteiger partial charge in [-0.3, -0.25) is 9.69 Å². The van der Waals surface area contributed by atoms with Gasteiger partial charge in [0, 0.05) is 11.8 Å². The predicted octanol–water partition coefficient (Wildman–Crippen LogP) is 6.07. The van der Waals surface area contributed by atoms with Gasteiger partial charge in [0.15, 0.2) is 5.13 Å². The minimum atomic E-state index is 0.0488. The molecule has 0 N–H and O–H groups in total. The number of thiazole rings is 1. The number of benzene rings is 2. The number of amides is 1. The largest absolute Gasteiger partial charge is 0.490 e. The minimum absolute atomic E-state index is 0.0488. The van der Waals surface area contributed by atoms with Crippen molar-refractivity contribution >= 4 is 28.1 Å². The number of ether oxygens (including phenoxy) is 1. The van der Waals surface area contributed by atoms with Gasteiger partial charge in [0.2, 0.25) is 5.91 Å². The lowest BCUT2D eigenvalue weighted by molar-refractivity contribution is -0.117. The van der Waals surface area contributed by atoms with Crippen molar-refractivity contribution in [1.82, 2.24) is 4.98 Å². The van der Waals surface area contributed by atoms with Gasteiger partial charge in [-0.1, -0.05) is 30.3 Å². The van der Waals surface area contributed by atoms with Crippen LogP contribution < -0.4 is 9.64 Å². The monoisotopic (exact) mass is 406 g/mol. The molecule has 0 aliphatic heterocycles. The summed E-state index contributed by atoms with van der Waals surface area (Å²) in [5.41, 5.74) is 2.90. The topological polar surface area (TPSA) is 42.4 Å². The first kappa shape index (κ1) is 19.6. The van der Waals surface area contributed by atoms with Crippen LogP contribution in [0.3, 0.4) is 0 Å². The van der Waals surface area contributed by atoms with E-state index < -0.39 is 0 Å². The highest BCUT2D eigenvalue weighted by Crippen LogP contribution is 2.30. The Morgan fingerprint density at radius 3 is 2.66 bits per heavy atom. The number of aromatic nitrogens is 1. The second-order valence-corrected chi connectivity index (χ2v) is 8.34. The lowest BCUT2D eigenvalue weighted by Crippen LogP contribution is -2.26. The highest BCUT2D eigenvalue weighted by molar-refractivity contribution is 7.14. The molecule has 5 heteroatoms. The Labute approximate surface area is 176 Å². The summed E-state index contributed by atoms with van der Waals surface area (Å²) in [7, 11) is 0. The third-order valence-corrected chi connectivity index (χ3v) is 6.14. The zero-order valence-corrected chi connectivity index (χ0v) is 17.5. The Kier molecular flexibility index (Phi) is 6.25. The molecule has 150 valence electrons. The summed E-state index contributed by atoms with van der Waals surface area (Å²) in [4.78, 5) is 19.4. The van der Waals surface area contributed by atoms with E-state index in [1.54, 1.807) is 4.90 Å². The lowest BCUT2D eigenvalue weighted by atomic mass is 10.1. The summed E-state index contributed by atoms with van der Waals surface area (Å²) < 4.78 is 6.11. The maximum absolute atomic E-state index is 13.2. The molecule has 1 aliphatic rings. The van der Waals surface area contributed by atoms with Crippen molar-refractivity contribution < 1.29 is 9.53 Å². The van der Waals surface area contributed by atoms with Crippen LogP contribution in [0, 0.1) is 6.92 Å². The highest BCUT2D eigenvalue weighted by Gasteiger charge is 2.21. The van der Waals surface area contributed by atoms with Crippen LogP contribution in [0.25, 0.3) is 0 Å². The molecule has 0 unspecified atom stereocenters. The molecule has 1 saturated carbocycles. The van der Waals surface area contributed by atoms with E-state index in [4.69, 9.17) is 4.74 Å². The zero-order valence-electron chi connectivity index (χ0n) is 16.7. The van der Waals surface area contributed by atoms with Crippen LogP contribution in [0.4, 0.5) is 10.8 Å². The molecule has 0 bridgehead atoms. The van der Waals surface area contributed by atoms with Gasteiger partial charge in [0.05, 0.1) is 17.5 Å². The Bertz CT molecular complexity index is 948. The average Bonchev–Trinajstić information content (AvgIpc) is 3.40. The van der Waals surface area contributed by atoms with Gasteiger partial charge in [-0.05, 0) is 68.9 Å². The van der Waals surface area contributed by atoms with Gasteiger partial charge in [-0.25, -0.2) is 4.98 Å². The number of anilines is 2. The number of carbonyl (C=O) groups is 1. The fourth-order valence-electron chi connectivity index (χ4n) is 3.72. The highest BCUT2D eigenvalue weighted by atomic mass is 32.1. The quantitative estimate of drug-likeness (QED) is 0.478. The summed E-state index contributed by atoms with van der Waals surface area (Å²) in [6.07, 6.45) is 6.22. The van der Waals surface area contributed by atoms with Crippen molar-refractivity contribution in [3.63, 3.8) is 0 Å². The van der Waals surface area contributed by atoms with E-state index in [9.17, 15) is 4.79 Å². The fourth-order valence-corrected chi connectivity index (χ4v) is 4.56. The minimum Gasteiger partial charge on any atom is -0.490 e. The number of hydrogen-bond donors (Lipinski definition) is 0. The van der Waals surface area contributed by atoms with Crippen molar-refractivity contribution in [1.29, 1.82) is 0 Å². The molecule has 1 aromatic heterocycles. The fraction of sp³-hybridized carbons (Fsp3) is 0.333. The molecule has 0 spiro atoms. The van der Waals surface area contributed by atoms with E-state index in [2.05, 4.69) is 17.1 Å². The van der Waals surface area contributed by atoms with Gasteiger partial charge in [-0.2, -0.15) is 0 Å². The summed E-state index contributed by atoms with van der Waals surface area (Å²) >= 11 is 1.50. The molecule has 0 radical (unpaired) electrons. The van der Waals surface area contributed by atoms with Crippen LogP contribution >= 0.6 is 11.3 Å². The average molecular weight is 407 g/mol. The molecule has 0 saturated heterocycles. The number of nitrogens with zero attached hydrogens (tertiary/aromatic N) is 2. The molecule has 4 rings (SSSR count). The summed E-state index contributed by atoms with van der Waals surface area (Å²) in [6, 6.07) is 17.9. The van der Waals surface area contributed by atoms with Crippen LogP contribution in [-0.4, -0.2) is 17.0 Å². The summed E-state index contributed by atoms with van der Waals surface area (Å²) in [6.45, 7) is 1.95. The molecular formula is C24H26N2O2S. The van der Waals surface area contributed by atoms with E-state index >= 15 is 0 Å². The maximum atomic E-state index is 13.2. The van der Waals surface area contributed by atoms with Crippen molar-refractivity contribution in [2.24, 2.45) is 0 Å². The van der Waals surface area contributed by atoms with Crippen molar-refractivity contribution in [2.75, 3.05) is 4.90 Å². The first-order valence-electron chi connectivity index (χ1n) is 10.2. The Morgan fingerprint density at radius 1 is 1.14 bits per heavy atom. The van der Waals surface area contributed by atoms with Gasteiger partial charge in [0.25, 0.3) is 0 Å².